The van der Waals surface area contributed by atoms with Crippen LogP contribution in [-0.2, 0) is 33.4 Å². The number of methoxy groups -OCH3 is 1. The maximum absolute atomic E-state index is 15.3. The number of esters is 1. The van der Waals surface area contributed by atoms with Crippen LogP contribution in [0.5, 0.6) is 0 Å². The van der Waals surface area contributed by atoms with E-state index in [-0.39, 0.29) is 55.2 Å². The first-order chi connectivity index (χ1) is 25.9. The molecule has 1 unspecified atom stereocenters. The number of aliphatic hydroxyl groups is 1. The van der Waals surface area contributed by atoms with E-state index in [1.54, 1.807) is 29.2 Å². The largest absolute Gasteiger partial charge is 0.455 e. The SMILES string of the molecule is C=CCCC(=O)N[C@H](COC)[C@H](OC(=O)[C@H]1[C@@H]2O[C@@]3(CC2Br)[C@@H]1C(=O)N([C@@H](CO)[C@@H](C)CC)[C@@H]3C(=O)N(CC=C)c1c(C)cccc1C)c1ccccc1. The van der Waals surface area contributed by atoms with Crippen molar-refractivity contribution in [3.63, 3.8) is 0 Å². The number of alkyl halides is 1. The molecule has 292 valence electrons. The Labute approximate surface area is 327 Å². The topological polar surface area (TPSA) is 135 Å². The van der Waals surface area contributed by atoms with Crippen LogP contribution in [0.3, 0.4) is 0 Å². The summed E-state index contributed by atoms with van der Waals surface area (Å²) in [5, 5.41) is 13.8. The Balaban J connectivity index is 1.60. The van der Waals surface area contributed by atoms with Gasteiger partial charge in [0.25, 0.3) is 5.91 Å². The third kappa shape index (κ3) is 7.67. The van der Waals surface area contributed by atoms with Crippen LogP contribution in [0.25, 0.3) is 0 Å². The second-order valence-corrected chi connectivity index (χ2v) is 15.9. The predicted molar refractivity (Wildman–Crippen MR) is 210 cm³/mol. The van der Waals surface area contributed by atoms with E-state index in [9.17, 15) is 14.7 Å². The molecule has 2 aromatic carbocycles. The Morgan fingerprint density at radius 1 is 1.13 bits per heavy atom. The van der Waals surface area contributed by atoms with Crippen LogP contribution in [0.15, 0.2) is 73.8 Å². The van der Waals surface area contributed by atoms with Crippen molar-refractivity contribution in [1.29, 1.82) is 0 Å². The molecule has 3 aliphatic rings. The zero-order chi connectivity index (χ0) is 39.3. The number of aliphatic hydroxyl groups excluding tert-OH is 1. The van der Waals surface area contributed by atoms with Crippen LogP contribution >= 0.6 is 15.9 Å². The lowest BCUT2D eigenvalue weighted by atomic mass is 9.70. The van der Waals surface area contributed by atoms with Gasteiger partial charge < -0.3 is 34.4 Å². The number of hydrogen-bond donors (Lipinski definition) is 2. The second kappa shape index (κ2) is 17.7. The fourth-order valence-corrected chi connectivity index (χ4v) is 9.66. The average Bonchev–Trinajstić information content (AvgIpc) is 3.75. The van der Waals surface area contributed by atoms with Crippen LogP contribution in [-0.4, -0.2) is 95.2 Å². The number of hydrogen-bond acceptors (Lipinski definition) is 8. The highest BCUT2D eigenvalue weighted by Gasteiger charge is 2.78. The zero-order valence-electron chi connectivity index (χ0n) is 31.9. The van der Waals surface area contributed by atoms with Crippen molar-refractivity contribution in [2.75, 3.05) is 31.8 Å². The van der Waals surface area contributed by atoms with Crippen LogP contribution in [0.2, 0.25) is 0 Å². The number of para-hydroxylation sites is 1. The number of ether oxygens (including phenoxy) is 3. The summed E-state index contributed by atoms with van der Waals surface area (Å²) in [6.45, 7) is 15.2. The van der Waals surface area contributed by atoms with Crippen molar-refractivity contribution in [3.8, 4) is 0 Å². The molecule has 5 rings (SSSR count). The van der Waals surface area contributed by atoms with E-state index in [4.69, 9.17) is 14.2 Å². The molecule has 3 aliphatic heterocycles. The van der Waals surface area contributed by atoms with Crippen LogP contribution in [0.1, 0.15) is 62.3 Å². The van der Waals surface area contributed by atoms with E-state index in [2.05, 4.69) is 34.4 Å². The summed E-state index contributed by atoms with van der Waals surface area (Å²) in [5.74, 6) is -4.09. The summed E-state index contributed by atoms with van der Waals surface area (Å²) in [6.07, 6.45) is 3.13. The lowest BCUT2D eigenvalue weighted by Crippen LogP contribution is -2.60. The molecule has 11 nitrogen and oxygen atoms in total. The number of nitrogens with one attached hydrogen (secondary N) is 1. The van der Waals surface area contributed by atoms with E-state index in [1.807, 2.05) is 64.1 Å². The molecule has 3 heterocycles. The molecule has 3 amide bonds. The number of likely N-dealkylation sites (tertiary alicyclic amines) is 1. The molecule has 0 saturated carbocycles. The lowest BCUT2D eigenvalue weighted by molar-refractivity contribution is -0.163. The number of amides is 3. The molecule has 1 spiro atoms. The van der Waals surface area contributed by atoms with Crippen LogP contribution in [0.4, 0.5) is 5.69 Å². The Kier molecular flexibility index (Phi) is 13.6. The van der Waals surface area contributed by atoms with E-state index in [1.165, 1.54) is 12.0 Å². The number of rotatable bonds is 18. The van der Waals surface area contributed by atoms with Crippen molar-refractivity contribution in [3.05, 3.63) is 90.5 Å². The molecule has 10 atom stereocenters. The molecule has 0 aliphatic carbocycles. The van der Waals surface area contributed by atoms with Crippen molar-refractivity contribution in [2.45, 2.75) is 94.1 Å². The number of carbonyl (C=O) groups excluding carboxylic acids is 4. The highest BCUT2D eigenvalue weighted by Crippen LogP contribution is 2.61. The zero-order valence-corrected chi connectivity index (χ0v) is 33.5. The molecule has 0 aromatic heterocycles. The van der Waals surface area contributed by atoms with Crippen molar-refractivity contribution >= 4 is 45.3 Å². The van der Waals surface area contributed by atoms with Crippen molar-refractivity contribution in [1.82, 2.24) is 10.2 Å². The van der Waals surface area contributed by atoms with Gasteiger partial charge >= 0.3 is 5.97 Å². The summed E-state index contributed by atoms with van der Waals surface area (Å²) >= 11 is 3.77. The first kappa shape index (κ1) is 41.3. The minimum atomic E-state index is -1.40. The normalized spacial score (nSPS) is 26.4. The van der Waals surface area contributed by atoms with Gasteiger partial charge in [-0.25, -0.2) is 0 Å². The molecule has 2 bridgehead atoms. The minimum Gasteiger partial charge on any atom is -0.455 e. The third-order valence-corrected chi connectivity index (χ3v) is 12.2. The monoisotopic (exact) mass is 807 g/mol. The summed E-state index contributed by atoms with van der Waals surface area (Å²) in [5.41, 5.74) is 1.69. The summed E-state index contributed by atoms with van der Waals surface area (Å²) in [6, 6.07) is 12.2. The Hall–Kier alpha value is -3.84. The molecule has 2 N–H and O–H groups in total. The number of halogens is 1. The van der Waals surface area contributed by atoms with Gasteiger partial charge in [0.2, 0.25) is 11.8 Å². The second-order valence-electron chi connectivity index (χ2n) is 14.7. The Bertz CT molecular complexity index is 1690. The van der Waals surface area contributed by atoms with E-state index < -0.39 is 59.6 Å². The fourth-order valence-electron chi connectivity index (χ4n) is 8.71. The van der Waals surface area contributed by atoms with Gasteiger partial charge in [-0.3, -0.25) is 19.2 Å². The van der Waals surface area contributed by atoms with Gasteiger partial charge in [0.15, 0.2) is 0 Å². The number of carbonyl (C=O) groups is 4. The highest BCUT2D eigenvalue weighted by molar-refractivity contribution is 9.09. The summed E-state index contributed by atoms with van der Waals surface area (Å²) < 4.78 is 18.7. The molecular formula is C42H54BrN3O8. The smallest absolute Gasteiger partial charge is 0.313 e. The quantitative estimate of drug-likeness (QED) is 0.117. The third-order valence-electron chi connectivity index (χ3n) is 11.4. The molecule has 54 heavy (non-hydrogen) atoms. The maximum Gasteiger partial charge on any atom is 0.313 e. The maximum atomic E-state index is 15.3. The highest BCUT2D eigenvalue weighted by atomic mass is 79.9. The molecule has 3 saturated heterocycles. The van der Waals surface area contributed by atoms with Crippen molar-refractivity contribution in [2.24, 2.45) is 17.8 Å². The number of anilines is 1. The van der Waals surface area contributed by atoms with E-state index in [0.29, 0.717) is 24.1 Å². The van der Waals surface area contributed by atoms with Crippen LogP contribution in [0, 0.1) is 31.6 Å². The van der Waals surface area contributed by atoms with Crippen molar-refractivity contribution < 1.29 is 38.5 Å². The lowest BCUT2D eigenvalue weighted by Gasteiger charge is -2.41. The minimum absolute atomic E-state index is 0.0412. The van der Waals surface area contributed by atoms with Gasteiger partial charge in [0.1, 0.15) is 17.7 Å². The van der Waals surface area contributed by atoms with Gasteiger partial charge in [-0.1, -0.05) is 96.9 Å². The first-order valence-corrected chi connectivity index (χ1v) is 19.7. The Morgan fingerprint density at radius 3 is 2.41 bits per heavy atom. The number of allylic oxidation sites excluding steroid dienone is 1. The predicted octanol–water partition coefficient (Wildman–Crippen LogP) is 5.36. The molecule has 0 radical (unpaired) electrons. The standard InChI is InChI=1S/C42H54BrN3O8/c1-8-11-20-32(48)44-30(24-52-7)36(28-18-13-12-14-19-28)53-41(51)33-34-39(49)46(31(23-47)25(4)10-3)38(42(34)22-29(43)37(33)54-42)40(50)45(21-9-2)35-26(5)16-15-17-27(35)6/h8-9,12-19,25,29-31,33-34,36-38,47H,1-2,10-11,20-24H2,3-7H3,(H,44,48)/t25-,29?,30+,31-,33+,34-,36+,37+,38+,42-/m0/s1. The number of aryl methyl sites for hydroxylation is 2. The number of benzene rings is 2. The Morgan fingerprint density at radius 2 is 1.81 bits per heavy atom. The summed E-state index contributed by atoms with van der Waals surface area (Å²) in [4.78, 5) is 60.8. The van der Waals surface area contributed by atoms with Gasteiger partial charge in [0, 0.05) is 30.6 Å². The number of nitrogens with zero attached hydrogens (tertiary/aromatic N) is 2. The number of fused-ring (bicyclic) bond motifs is 1. The molecule has 12 heteroatoms. The van der Waals surface area contributed by atoms with Gasteiger partial charge in [-0.15, -0.1) is 13.2 Å². The van der Waals surface area contributed by atoms with Crippen LogP contribution < -0.4 is 10.2 Å². The van der Waals surface area contributed by atoms with Gasteiger partial charge in [0.05, 0.1) is 43.2 Å². The fraction of sp³-hybridized carbons (Fsp3) is 0.524. The first-order valence-electron chi connectivity index (χ1n) is 18.8. The van der Waals surface area contributed by atoms with Gasteiger partial charge in [-0.2, -0.15) is 0 Å². The average molecular weight is 809 g/mol. The molecule has 2 aromatic rings. The molecule has 3 fully saturated rings. The van der Waals surface area contributed by atoms with E-state index in [0.717, 1.165) is 11.1 Å². The van der Waals surface area contributed by atoms with Gasteiger partial charge in [-0.05, 0) is 49.3 Å². The summed E-state index contributed by atoms with van der Waals surface area (Å²) in [7, 11) is 1.50. The van der Waals surface area contributed by atoms with E-state index >= 15 is 9.59 Å². The molecular weight excluding hydrogens is 754 g/mol.